The number of aryl methyl sites for hydroxylation is 1. The van der Waals surface area contributed by atoms with Crippen LogP contribution in [0.5, 0.6) is 0 Å². The molecule has 0 aliphatic carbocycles. The Hall–Kier alpha value is -2.92. The quantitative estimate of drug-likeness (QED) is 0.602. The van der Waals surface area contributed by atoms with Crippen LogP contribution in [0, 0.1) is 12.8 Å². The molecule has 0 spiro atoms. The summed E-state index contributed by atoms with van der Waals surface area (Å²) in [6.07, 6.45) is -3.91. The van der Waals surface area contributed by atoms with Crippen molar-refractivity contribution < 1.29 is 35.9 Å². The largest absolute Gasteiger partial charge is 0.466 e. The van der Waals surface area contributed by atoms with E-state index in [9.17, 15) is 31.2 Å². The Kier molecular flexibility index (Phi) is 7.67. The van der Waals surface area contributed by atoms with Gasteiger partial charge in [0.15, 0.2) is 0 Å². The molecule has 11 heteroatoms. The van der Waals surface area contributed by atoms with E-state index in [1.54, 1.807) is 13.8 Å². The van der Waals surface area contributed by atoms with Crippen LogP contribution >= 0.6 is 0 Å². The predicted octanol–water partition coefficient (Wildman–Crippen LogP) is 4.23. The fourth-order valence-corrected chi connectivity index (χ4v) is 5.22. The average molecular weight is 499 g/mol. The summed E-state index contributed by atoms with van der Waals surface area (Å²) in [4.78, 5) is 24.6. The van der Waals surface area contributed by atoms with Crippen LogP contribution in [0.3, 0.4) is 0 Å². The third-order valence-electron chi connectivity index (χ3n) is 5.61. The highest BCUT2D eigenvalue weighted by Gasteiger charge is 2.33. The molecule has 1 N–H and O–H groups in total. The summed E-state index contributed by atoms with van der Waals surface area (Å²) in [5, 5.41) is 2.40. The van der Waals surface area contributed by atoms with E-state index in [-0.39, 0.29) is 47.7 Å². The van der Waals surface area contributed by atoms with E-state index in [1.807, 2.05) is 0 Å². The van der Waals surface area contributed by atoms with E-state index in [0.29, 0.717) is 18.4 Å². The fraction of sp³-hybridized carbons (Fsp3) is 0.391. The molecule has 1 fully saturated rings. The Morgan fingerprint density at radius 3 is 2.41 bits per heavy atom. The number of rotatable bonds is 6. The molecule has 2 aromatic rings. The summed E-state index contributed by atoms with van der Waals surface area (Å²) < 4.78 is 71.4. The van der Waals surface area contributed by atoms with Gasteiger partial charge in [-0.25, -0.2) is 8.42 Å². The van der Waals surface area contributed by atoms with Gasteiger partial charge in [0.2, 0.25) is 10.0 Å². The van der Waals surface area contributed by atoms with Crippen molar-refractivity contribution in [1.82, 2.24) is 4.31 Å². The highest BCUT2D eigenvalue weighted by Crippen LogP contribution is 2.31. The van der Waals surface area contributed by atoms with Gasteiger partial charge in [-0.1, -0.05) is 12.1 Å². The Morgan fingerprint density at radius 2 is 1.79 bits per heavy atom. The minimum atomic E-state index is -4.56. The molecule has 0 atom stereocenters. The van der Waals surface area contributed by atoms with E-state index in [2.05, 4.69) is 5.32 Å². The zero-order valence-corrected chi connectivity index (χ0v) is 19.5. The van der Waals surface area contributed by atoms with Gasteiger partial charge >= 0.3 is 12.1 Å². The smallest absolute Gasteiger partial charge is 0.416 e. The van der Waals surface area contributed by atoms with E-state index < -0.39 is 27.7 Å². The normalized spacial score (nSPS) is 15.7. The number of carbonyl (C=O) groups excluding carboxylic acids is 2. The first-order valence-corrected chi connectivity index (χ1v) is 12.1. The Bertz CT molecular complexity index is 1170. The van der Waals surface area contributed by atoms with Crippen LogP contribution < -0.4 is 5.32 Å². The van der Waals surface area contributed by atoms with Gasteiger partial charge in [-0.3, -0.25) is 9.59 Å². The standard InChI is InChI=1S/C23H25F3N2O5S/c1-3-33-22(30)16-9-11-28(12-10-16)34(31,32)19-8-7-15(2)20(14-19)21(29)27-18-6-4-5-17(13-18)23(24,25)26/h4-8,13-14,16H,3,9-12H2,1-2H3,(H,27,29). The van der Waals surface area contributed by atoms with Crippen molar-refractivity contribution in [3.8, 4) is 0 Å². The van der Waals surface area contributed by atoms with Gasteiger partial charge in [0.05, 0.1) is 23.0 Å². The molecule has 0 radical (unpaired) electrons. The number of alkyl halides is 3. The van der Waals surface area contributed by atoms with Gasteiger partial charge in [-0.15, -0.1) is 0 Å². The van der Waals surface area contributed by atoms with Crippen LogP contribution in [-0.2, 0) is 25.7 Å². The molecule has 1 heterocycles. The molecule has 0 unspecified atom stereocenters. The van der Waals surface area contributed by atoms with Crippen molar-refractivity contribution in [2.45, 2.75) is 37.8 Å². The summed E-state index contributed by atoms with van der Waals surface area (Å²) in [5.41, 5.74) is -0.484. The van der Waals surface area contributed by atoms with Crippen LogP contribution in [-0.4, -0.2) is 44.3 Å². The highest BCUT2D eigenvalue weighted by molar-refractivity contribution is 7.89. The Balaban J connectivity index is 1.78. The Labute approximate surface area is 196 Å². The third-order valence-corrected chi connectivity index (χ3v) is 7.51. The molecular formula is C23H25F3N2O5S. The topological polar surface area (TPSA) is 92.8 Å². The zero-order chi connectivity index (χ0) is 25.1. The number of sulfonamides is 1. The maximum atomic E-state index is 13.1. The summed E-state index contributed by atoms with van der Waals surface area (Å²) in [5.74, 6) is -1.43. The lowest BCUT2D eigenvalue weighted by Crippen LogP contribution is -2.40. The lowest BCUT2D eigenvalue weighted by molar-refractivity contribution is -0.149. The van der Waals surface area contributed by atoms with Gasteiger partial charge < -0.3 is 10.1 Å². The first kappa shape index (κ1) is 25.7. The number of halogens is 3. The lowest BCUT2D eigenvalue weighted by atomic mass is 9.98. The molecule has 1 aliphatic heterocycles. The van der Waals surface area contributed by atoms with Crippen LogP contribution in [0.25, 0.3) is 0 Å². The second-order valence-electron chi connectivity index (χ2n) is 7.94. The number of anilines is 1. The number of amides is 1. The average Bonchev–Trinajstić information content (AvgIpc) is 2.79. The summed E-state index contributed by atoms with van der Waals surface area (Å²) in [6, 6.07) is 8.25. The van der Waals surface area contributed by atoms with Gasteiger partial charge in [0.25, 0.3) is 5.91 Å². The van der Waals surface area contributed by atoms with E-state index in [1.165, 1.54) is 34.6 Å². The van der Waals surface area contributed by atoms with Crippen molar-refractivity contribution in [3.05, 3.63) is 59.2 Å². The summed E-state index contributed by atoms with van der Waals surface area (Å²) in [7, 11) is -3.94. The molecule has 0 aromatic heterocycles. The number of hydrogen-bond donors (Lipinski definition) is 1. The van der Waals surface area contributed by atoms with Crippen LogP contribution in [0.1, 0.15) is 41.3 Å². The number of esters is 1. The van der Waals surface area contributed by atoms with Gasteiger partial charge in [-0.2, -0.15) is 17.5 Å². The van der Waals surface area contributed by atoms with Crippen LogP contribution in [0.2, 0.25) is 0 Å². The maximum absolute atomic E-state index is 13.1. The molecule has 2 aromatic carbocycles. The predicted molar refractivity (Wildman–Crippen MR) is 119 cm³/mol. The fourth-order valence-electron chi connectivity index (χ4n) is 3.72. The van der Waals surface area contributed by atoms with Crippen molar-refractivity contribution in [1.29, 1.82) is 0 Å². The minimum absolute atomic E-state index is 0.0277. The lowest BCUT2D eigenvalue weighted by Gasteiger charge is -2.30. The summed E-state index contributed by atoms with van der Waals surface area (Å²) >= 11 is 0. The molecule has 1 aliphatic rings. The van der Waals surface area contributed by atoms with Crippen molar-refractivity contribution >= 4 is 27.6 Å². The molecule has 7 nitrogen and oxygen atoms in total. The SMILES string of the molecule is CCOC(=O)C1CCN(S(=O)(=O)c2ccc(C)c(C(=O)Nc3cccc(C(F)(F)F)c3)c2)CC1. The van der Waals surface area contributed by atoms with Crippen LogP contribution in [0.15, 0.2) is 47.4 Å². The third kappa shape index (κ3) is 5.76. The molecule has 3 rings (SSSR count). The number of hydrogen-bond acceptors (Lipinski definition) is 5. The molecule has 1 saturated heterocycles. The first-order valence-electron chi connectivity index (χ1n) is 10.7. The van der Waals surface area contributed by atoms with Crippen LogP contribution in [0.4, 0.5) is 18.9 Å². The molecule has 0 saturated carbocycles. The molecule has 1 amide bonds. The van der Waals surface area contributed by atoms with E-state index in [4.69, 9.17) is 4.74 Å². The highest BCUT2D eigenvalue weighted by atomic mass is 32.2. The van der Waals surface area contributed by atoms with Crippen molar-refractivity contribution in [3.63, 3.8) is 0 Å². The molecule has 184 valence electrons. The van der Waals surface area contributed by atoms with Gasteiger partial charge in [0, 0.05) is 24.3 Å². The Morgan fingerprint density at radius 1 is 1.12 bits per heavy atom. The van der Waals surface area contributed by atoms with E-state index in [0.717, 1.165) is 12.1 Å². The number of ether oxygens (including phenoxy) is 1. The summed E-state index contributed by atoms with van der Waals surface area (Å²) in [6.45, 7) is 3.82. The van der Waals surface area contributed by atoms with Crippen molar-refractivity contribution in [2.75, 3.05) is 25.0 Å². The monoisotopic (exact) mass is 498 g/mol. The molecular weight excluding hydrogens is 473 g/mol. The minimum Gasteiger partial charge on any atom is -0.466 e. The maximum Gasteiger partial charge on any atom is 0.416 e. The van der Waals surface area contributed by atoms with Gasteiger partial charge in [-0.05, 0) is 62.6 Å². The number of nitrogens with zero attached hydrogens (tertiary/aromatic N) is 1. The number of benzene rings is 2. The van der Waals surface area contributed by atoms with E-state index >= 15 is 0 Å². The second kappa shape index (κ2) is 10.1. The number of nitrogens with one attached hydrogen (secondary N) is 1. The molecule has 0 bridgehead atoms. The number of carbonyl (C=O) groups is 2. The first-order chi connectivity index (χ1) is 15.9. The molecule has 34 heavy (non-hydrogen) atoms. The number of piperidine rings is 1. The van der Waals surface area contributed by atoms with Crippen molar-refractivity contribution in [2.24, 2.45) is 5.92 Å². The second-order valence-corrected chi connectivity index (χ2v) is 9.88. The van der Waals surface area contributed by atoms with Gasteiger partial charge in [0.1, 0.15) is 0 Å². The zero-order valence-electron chi connectivity index (χ0n) is 18.7.